The van der Waals surface area contributed by atoms with E-state index >= 15 is 0 Å². The normalized spacial score (nSPS) is 14.7. The van der Waals surface area contributed by atoms with Crippen LogP contribution >= 0.6 is 0 Å². The summed E-state index contributed by atoms with van der Waals surface area (Å²) in [4.78, 5) is 20.0. The van der Waals surface area contributed by atoms with Crippen LogP contribution in [-0.2, 0) is 16.6 Å². The molecule has 0 unspecified atom stereocenters. The number of unbranched alkanes of at least 4 members (excludes halogenated alkanes) is 11. The Morgan fingerprint density at radius 1 is 0.784 bits per heavy atom. The number of carbonyl (C=O) groups is 1. The molecule has 1 aromatic carbocycles. The van der Waals surface area contributed by atoms with Gasteiger partial charge < -0.3 is 5.11 Å². The first-order valence-electron chi connectivity index (χ1n) is 15.3. The van der Waals surface area contributed by atoms with Crippen molar-refractivity contribution in [3.8, 4) is 11.4 Å². The average molecular weight is 507 g/mol. The van der Waals surface area contributed by atoms with Gasteiger partial charge in [0.1, 0.15) is 0 Å². The van der Waals surface area contributed by atoms with E-state index in [0.29, 0.717) is 11.8 Å². The van der Waals surface area contributed by atoms with Crippen LogP contribution in [0.4, 0.5) is 0 Å². The zero-order valence-corrected chi connectivity index (χ0v) is 23.4. The van der Waals surface area contributed by atoms with Gasteiger partial charge >= 0.3 is 5.97 Å². The van der Waals surface area contributed by atoms with Crippen molar-refractivity contribution in [2.75, 3.05) is 0 Å². The number of hydrogen-bond donors (Lipinski definition) is 1. The molecule has 1 N–H and O–H groups in total. The summed E-state index contributed by atoms with van der Waals surface area (Å²) in [5.41, 5.74) is 4.19. The van der Waals surface area contributed by atoms with Gasteiger partial charge in [-0.1, -0.05) is 115 Å². The van der Waals surface area contributed by atoms with Gasteiger partial charge in [-0.3, -0.25) is 4.79 Å². The first-order valence-corrected chi connectivity index (χ1v) is 15.3. The smallest absolute Gasteiger partial charge is 0.303 e. The third-order valence-corrected chi connectivity index (χ3v) is 8.39. The number of carboxylic acids is 1. The second-order valence-electron chi connectivity index (χ2n) is 11.4. The van der Waals surface area contributed by atoms with Gasteiger partial charge in [0, 0.05) is 24.4 Å². The van der Waals surface area contributed by atoms with Crippen LogP contribution in [0.5, 0.6) is 0 Å². The average Bonchev–Trinajstić information content (AvgIpc) is 3.40. The van der Waals surface area contributed by atoms with Crippen LogP contribution in [0, 0.1) is 0 Å². The van der Waals surface area contributed by atoms with Crippen molar-refractivity contribution in [3.05, 3.63) is 47.8 Å². The zero-order chi connectivity index (χ0) is 26.2. The van der Waals surface area contributed by atoms with E-state index in [-0.39, 0.29) is 0 Å². The molecular formula is C33H50N2O2. The molecule has 0 spiro atoms. The van der Waals surface area contributed by atoms with E-state index in [1.54, 1.807) is 0 Å². The van der Waals surface area contributed by atoms with Crippen molar-refractivity contribution in [1.82, 2.24) is 9.97 Å². The molecule has 1 aliphatic rings. The minimum Gasteiger partial charge on any atom is -0.481 e. The first-order chi connectivity index (χ1) is 18.1. The maximum Gasteiger partial charge on any atom is 0.303 e. The molecule has 0 saturated heterocycles. The Labute approximate surface area is 225 Å². The maximum absolute atomic E-state index is 10.6. The number of hydrogen-bond acceptors (Lipinski definition) is 3. The summed E-state index contributed by atoms with van der Waals surface area (Å²) in [7, 11) is 0. The maximum atomic E-state index is 10.6. The predicted molar refractivity (Wildman–Crippen MR) is 154 cm³/mol. The molecule has 1 aliphatic carbocycles. The Morgan fingerprint density at radius 3 is 1.97 bits per heavy atom. The third kappa shape index (κ3) is 10.2. The quantitative estimate of drug-likeness (QED) is 0.193. The lowest BCUT2D eigenvalue weighted by molar-refractivity contribution is -0.137. The summed E-state index contributed by atoms with van der Waals surface area (Å²) < 4.78 is 0. The fourth-order valence-corrected chi connectivity index (χ4v) is 6.07. The van der Waals surface area contributed by atoms with E-state index in [0.717, 1.165) is 37.1 Å². The molecule has 3 rings (SSSR count). The Bertz CT molecular complexity index is 886. The molecule has 0 radical (unpaired) electrons. The van der Waals surface area contributed by atoms with Crippen LogP contribution in [0.1, 0.15) is 140 Å². The number of nitrogens with zero attached hydrogens (tertiary/aromatic N) is 2. The molecule has 0 aliphatic heterocycles. The predicted octanol–water partition coefficient (Wildman–Crippen LogP) is 9.45. The van der Waals surface area contributed by atoms with Crippen molar-refractivity contribution < 1.29 is 9.90 Å². The van der Waals surface area contributed by atoms with Crippen LogP contribution in [0.25, 0.3) is 11.4 Å². The SMILES string of the molecule is CCCCCCCCCc1cnc(-c2ccc(C3(CCCCCCCCC(=O)O)CCCC3)cc2)nc1. The van der Waals surface area contributed by atoms with E-state index in [2.05, 4.69) is 31.2 Å². The molecule has 0 amide bonds. The Balaban J connectivity index is 1.44. The van der Waals surface area contributed by atoms with E-state index in [1.165, 1.54) is 107 Å². The Hall–Kier alpha value is -2.23. The Morgan fingerprint density at radius 2 is 1.35 bits per heavy atom. The molecule has 2 aromatic rings. The molecule has 37 heavy (non-hydrogen) atoms. The highest BCUT2D eigenvalue weighted by Crippen LogP contribution is 2.45. The van der Waals surface area contributed by atoms with Crippen LogP contribution in [0.2, 0.25) is 0 Å². The van der Waals surface area contributed by atoms with Crippen LogP contribution in [0.3, 0.4) is 0 Å². The number of rotatable bonds is 19. The van der Waals surface area contributed by atoms with Gasteiger partial charge in [0.05, 0.1) is 0 Å². The standard InChI is InChI=1S/C33H50N2O2/c1-2-3-4-5-6-9-12-17-28-26-34-32(35-27-28)29-19-21-30(22-20-29)33(24-15-16-25-33)23-14-11-8-7-10-13-18-31(36)37/h19-22,26-27H,2-18,23-25H2,1H3,(H,36,37). The van der Waals surface area contributed by atoms with E-state index < -0.39 is 5.97 Å². The molecule has 1 heterocycles. The number of aliphatic carboxylic acids is 1. The number of aromatic nitrogens is 2. The lowest BCUT2D eigenvalue weighted by Crippen LogP contribution is -2.21. The topological polar surface area (TPSA) is 63.1 Å². The van der Waals surface area contributed by atoms with Gasteiger partial charge in [-0.25, -0.2) is 9.97 Å². The molecule has 204 valence electrons. The van der Waals surface area contributed by atoms with E-state index in [1.807, 2.05) is 12.4 Å². The summed E-state index contributed by atoms with van der Waals surface area (Å²) in [6, 6.07) is 9.12. The third-order valence-electron chi connectivity index (χ3n) is 8.39. The van der Waals surface area contributed by atoms with Gasteiger partial charge in [-0.05, 0) is 55.1 Å². The number of aryl methyl sites for hydroxylation is 1. The summed E-state index contributed by atoms with van der Waals surface area (Å²) in [6.45, 7) is 2.27. The van der Waals surface area contributed by atoms with Gasteiger partial charge in [-0.2, -0.15) is 0 Å². The second-order valence-corrected chi connectivity index (χ2v) is 11.4. The van der Waals surface area contributed by atoms with Crippen molar-refractivity contribution >= 4 is 5.97 Å². The summed E-state index contributed by atoms with van der Waals surface area (Å²) in [5.74, 6) is 0.162. The second kappa shape index (κ2) is 16.6. The highest BCUT2D eigenvalue weighted by Gasteiger charge is 2.34. The van der Waals surface area contributed by atoms with Gasteiger partial charge in [0.25, 0.3) is 0 Å². The van der Waals surface area contributed by atoms with E-state index in [9.17, 15) is 4.79 Å². The van der Waals surface area contributed by atoms with E-state index in [4.69, 9.17) is 15.1 Å². The fourth-order valence-electron chi connectivity index (χ4n) is 6.07. The number of carboxylic acid groups (broad SMARTS) is 1. The molecule has 0 bridgehead atoms. The van der Waals surface area contributed by atoms with Gasteiger partial charge in [0.15, 0.2) is 5.82 Å². The van der Waals surface area contributed by atoms with Crippen molar-refractivity contribution in [2.24, 2.45) is 0 Å². The molecule has 1 aromatic heterocycles. The molecule has 0 atom stereocenters. The molecular weight excluding hydrogens is 456 g/mol. The summed E-state index contributed by atoms with van der Waals surface area (Å²) >= 11 is 0. The largest absolute Gasteiger partial charge is 0.481 e. The lowest BCUT2D eigenvalue weighted by Gasteiger charge is -2.30. The lowest BCUT2D eigenvalue weighted by atomic mass is 9.74. The molecule has 4 nitrogen and oxygen atoms in total. The minimum absolute atomic E-state index is 0.313. The fraction of sp³-hybridized carbons (Fsp3) is 0.667. The zero-order valence-electron chi connectivity index (χ0n) is 23.4. The summed E-state index contributed by atoms with van der Waals surface area (Å²) in [5, 5.41) is 8.76. The highest BCUT2D eigenvalue weighted by atomic mass is 16.4. The van der Waals surface area contributed by atoms with Crippen LogP contribution in [0.15, 0.2) is 36.7 Å². The number of benzene rings is 1. The minimum atomic E-state index is -0.670. The van der Waals surface area contributed by atoms with Crippen LogP contribution < -0.4 is 0 Å². The molecule has 4 heteroatoms. The molecule has 1 saturated carbocycles. The molecule has 1 fully saturated rings. The highest BCUT2D eigenvalue weighted by molar-refractivity contribution is 5.66. The first kappa shape index (κ1) is 29.3. The van der Waals surface area contributed by atoms with Crippen molar-refractivity contribution in [2.45, 2.75) is 141 Å². The monoisotopic (exact) mass is 506 g/mol. The van der Waals surface area contributed by atoms with Gasteiger partial charge in [0.2, 0.25) is 0 Å². The summed E-state index contributed by atoms with van der Waals surface area (Å²) in [6.07, 6.45) is 28.1. The Kier molecular flexibility index (Phi) is 13.1. The van der Waals surface area contributed by atoms with Crippen molar-refractivity contribution in [1.29, 1.82) is 0 Å². The van der Waals surface area contributed by atoms with Crippen molar-refractivity contribution in [3.63, 3.8) is 0 Å². The van der Waals surface area contributed by atoms with Gasteiger partial charge in [-0.15, -0.1) is 0 Å². The van der Waals surface area contributed by atoms with Crippen LogP contribution in [-0.4, -0.2) is 21.0 Å².